The Kier molecular flexibility index (Phi) is 6.47. The van der Waals surface area contributed by atoms with Crippen molar-refractivity contribution in [2.45, 2.75) is 46.6 Å². The molecule has 1 aromatic rings. The van der Waals surface area contributed by atoms with Crippen LogP contribution in [0.2, 0.25) is 0 Å². The van der Waals surface area contributed by atoms with Crippen LogP contribution in [-0.4, -0.2) is 11.6 Å². The molecule has 90 valence electrons. The Labute approximate surface area is 98.6 Å². The van der Waals surface area contributed by atoms with Crippen LogP contribution in [0.1, 0.15) is 40.2 Å². The Hall–Kier alpha value is -1.31. The number of rotatable bonds is 2. The summed E-state index contributed by atoms with van der Waals surface area (Å²) >= 11 is 0. The van der Waals surface area contributed by atoms with Gasteiger partial charge in [-0.2, -0.15) is 0 Å². The third-order valence-corrected chi connectivity index (χ3v) is 1.61. The van der Waals surface area contributed by atoms with E-state index in [9.17, 15) is 4.79 Å². The highest BCUT2D eigenvalue weighted by molar-refractivity contribution is 5.72. The van der Waals surface area contributed by atoms with Crippen molar-refractivity contribution in [3.05, 3.63) is 35.9 Å². The first-order valence-electron chi connectivity index (χ1n) is 5.73. The van der Waals surface area contributed by atoms with E-state index in [0.29, 0.717) is 6.42 Å². The van der Waals surface area contributed by atoms with Crippen LogP contribution in [0.3, 0.4) is 0 Å². The van der Waals surface area contributed by atoms with E-state index in [2.05, 4.69) is 0 Å². The minimum Gasteiger partial charge on any atom is -0.460 e. The smallest absolute Gasteiger partial charge is 0.310 e. The van der Waals surface area contributed by atoms with Gasteiger partial charge in [0.1, 0.15) is 5.60 Å². The predicted molar refractivity (Wildman–Crippen MR) is 67.3 cm³/mol. The molecule has 1 rings (SSSR count). The van der Waals surface area contributed by atoms with E-state index in [1.54, 1.807) is 0 Å². The molecule has 0 aliphatic heterocycles. The van der Waals surface area contributed by atoms with Crippen LogP contribution in [0.15, 0.2) is 30.3 Å². The SMILES string of the molecule is CC.CC(C)(C)OC(=O)Cc1ccccc1. The Morgan fingerprint density at radius 2 is 1.62 bits per heavy atom. The second kappa shape index (κ2) is 7.04. The molecule has 0 saturated carbocycles. The van der Waals surface area contributed by atoms with Crippen molar-refractivity contribution in [2.24, 2.45) is 0 Å². The highest BCUT2D eigenvalue weighted by atomic mass is 16.6. The van der Waals surface area contributed by atoms with E-state index >= 15 is 0 Å². The largest absolute Gasteiger partial charge is 0.460 e. The van der Waals surface area contributed by atoms with Crippen molar-refractivity contribution >= 4 is 5.97 Å². The van der Waals surface area contributed by atoms with Gasteiger partial charge < -0.3 is 4.74 Å². The van der Waals surface area contributed by atoms with Gasteiger partial charge in [0, 0.05) is 0 Å². The molecule has 0 radical (unpaired) electrons. The van der Waals surface area contributed by atoms with Crippen molar-refractivity contribution in [1.29, 1.82) is 0 Å². The molecule has 0 fully saturated rings. The lowest BCUT2D eigenvalue weighted by atomic mass is 10.1. The van der Waals surface area contributed by atoms with Crippen LogP contribution < -0.4 is 0 Å². The molecule has 0 amide bonds. The van der Waals surface area contributed by atoms with E-state index in [1.165, 1.54) is 0 Å². The van der Waals surface area contributed by atoms with Gasteiger partial charge in [-0.15, -0.1) is 0 Å². The van der Waals surface area contributed by atoms with Crippen molar-refractivity contribution in [3.8, 4) is 0 Å². The highest BCUT2D eigenvalue weighted by Gasteiger charge is 2.15. The van der Waals surface area contributed by atoms with E-state index in [1.807, 2.05) is 65.0 Å². The Morgan fingerprint density at radius 1 is 1.12 bits per heavy atom. The minimum atomic E-state index is -0.397. The molecular weight excluding hydrogens is 200 g/mol. The van der Waals surface area contributed by atoms with Crippen LogP contribution in [0.5, 0.6) is 0 Å². The van der Waals surface area contributed by atoms with Crippen LogP contribution in [0.4, 0.5) is 0 Å². The third-order valence-electron chi connectivity index (χ3n) is 1.61. The van der Waals surface area contributed by atoms with Gasteiger partial charge in [0.25, 0.3) is 0 Å². The molecular formula is C14H22O2. The van der Waals surface area contributed by atoms with Gasteiger partial charge in [-0.25, -0.2) is 0 Å². The molecule has 0 unspecified atom stereocenters. The topological polar surface area (TPSA) is 26.3 Å². The molecule has 0 spiro atoms. The number of benzene rings is 1. The second-order valence-electron chi connectivity index (χ2n) is 4.25. The second-order valence-corrected chi connectivity index (χ2v) is 4.25. The number of carbonyl (C=O) groups is 1. The first kappa shape index (κ1) is 14.7. The Balaban J connectivity index is 0.00000106. The van der Waals surface area contributed by atoms with Gasteiger partial charge in [-0.3, -0.25) is 4.79 Å². The molecule has 2 nitrogen and oxygen atoms in total. The zero-order valence-corrected chi connectivity index (χ0v) is 10.9. The third kappa shape index (κ3) is 7.04. The fourth-order valence-corrected chi connectivity index (χ4v) is 1.14. The van der Waals surface area contributed by atoms with Crippen LogP contribution in [0.25, 0.3) is 0 Å². The van der Waals surface area contributed by atoms with Gasteiger partial charge in [-0.1, -0.05) is 44.2 Å². The van der Waals surface area contributed by atoms with Gasteiger partial charge in [0.2, 0.25) is 0 Å². The summed E-state index contributed by atoms with van der Waals surface area (Å²) in [5, 5.41) is 0. The van der Waals surface area contributed by atoms with E-state index in [4.69, 9.17) is 4.74 Å². The maximum Gasteiger partial charge on any atom is 0.310 e. The molecule has 2 heteroatoms. The quantitative estimate of drug-likeness (QED) is 0.715. The summed E-state index contributed by atoms with van der Waals surface area (Å²) in [6.07, 6.45) is 0.345. The molecule has 0 aliphatic rings. The highest BCUT2D eigenvalue weighted by Crippen LogP contribution is 2.09. The zero-order valence-electron chi connectivity index (χ0n) is 10.9. The van der Waals surface area contributed by atoms with E-state index < -0.39 is 5.60 Å². The summed E-state index contributed by atoms with van der Waals surface area (Å²) in [5.41, 5.74) is 0.591. The Morgan fingerprint density at radius 3 is 2.06 bits per heavy atom. The standard InChI is InChI=1S/C12H16O2.C2H6/c1-12(2,3)14-11(13)9-10-7-5-4-6-8-10;1-2/h4-8H,9H2,1-3H3;1-2H3. The lowest BCUT2D eigenvalue weighted by molar-refractivity contribution is -0.153. The van der Waals surface area contributed by atoms with Crippen molar-refractivity contribution in [2.75, 3.05) is 0 Å². The molecule has 0 aromatic heterocycles. The number of ether oxygens (including phenoxy) is 1. The zero-order chi connectivity index (χ0) is 12.6. The summed E-state index contributed by atoms with van der Waals surface area (Å²) in [7, 11) is 0. The van der Waals surface area contributed by atoms with Gasteiger partial charge in [0.15, 0.2) is 0 Å². The molecule has 0 N–H and O–H groups in total. The van der Waals surface area contributed by atoms with Crippen molar-refractivity contribution < 1.29 is 9.53 Å². The maximum atomic E-state index is 11.4. The summed E-state index contributed by atoms with van der Waals surface area (Å²) in [6.45, 7) is 9.61. The van der Waals surface area contributed by atoms with Crippen molar-refractivity contribution in [3.63, 3.8) is 0 Å². The predicted octanol–water partition coefficient (Wildman–Crippen LogP) is 3.60. The lowest BCUT2D eigenvalue weighted by Crippen LogP contribution is -2.24. The Bertz CT molecular complexity index is 296. The van der Waals surface area contributed by atoms with E-state index in [0.717, 1.165) is 5.56 Å². The number of carbonyl (C=O) groups excluding carboxylic acids is 1. The van der Waals surface area contributed by atoms with E-state index in [-0.39, 0.29) is 5.97 Å². The molecule has 0 bridgehead atoms. The average molecular weight is 222 g/mol. The fraction of sp³-hybridized carbons (Fsp3) is 0.500. The summed E-state index contributed by atoms with van der Waals surface area (Å²) in [6, 6.07) is 9.60. The molecule has 0 heterocycles. The van der Waals surface area contributed by atoms with Crippen molar-refractivity contribution in [1.82, 2.24) is 0 Å². The first-order valence-corrected chi connectivity index (χ1v) is 5.73. The summed E-state index contributed by atoms with van der Waals surface area (Å²) in [4.78, 5) is 11.4. The summed E-state index contributed by atoms with van der Waals surface area (Å²) in [5.74, 6) is -0.177. The minimum absolute atomic E-state index is 0.177. The number of hydrogen-bond acceptors (Lipinski definition) is 2. The first-order chi connectivity index (χ1) is 7.47. The molecule has 0 saturated heterocycles. The van der Waals surface area contributed by atoms with Gasteiger partial charge in [-0.05, 0) is 26.3 Å². The molecule has 0 aliphatic carbocycles. The molecule has 0 atom stereocenters. The summed E-state index contributed by atoms with van der Waals surface area (Å²) < 4.78 is 5.20. The van der Waals surface area contributed by atoms with Crippen LogP contribution >= 0.6 is 0 Å². The average Bonchev–Trinajstić information content (AvgIpc) is 2.19. The van der Waals surface area contributed by atoms with Crippen LogP contribution in [0, 0.1) is 0 Å². The molecule has 1 aromatic carbocycles. The number of hydrogen-bond donors (Lipinski definition) is 0. The molecule has 16 heavy (non-hydrogen) atoms. The number of esters is 1. The lowest BCUT2D eigenvalue weighted by Gasteiger charge is -2.19. The maximum absolute atomic E-state index is 11.4. The monoisotopic (exact) mass is 222 g/mol. The normalized spacial score (nSPS) is 10.1. The van der Waals surface area contributed by atoms with Gasteiger partial charge in [0.05, 0.1) is 6.42 Å². The fourth-order valence-electron chi connectivity index (χ4n) is 1.14. The van der Waals surface area contributed by atoms with Gasteiger partial charge >= 0.3 is 5.97 Å². The van der Waals surface area contributed by atoms with Crippen LogP contribution in [-0.2, 0) is 16.0 Å².